The molecule has 1 N–H and O–H groups in total. The van der Waals surface area contributed by atoms with Crippen LogP contribution in [-0.2, 0) is 11.2 Å². The minimum atomic E-state index is -1.03. The fourth-order valence-electron chi connectivity index (χ4n) is 2.46. The number of aliphatic hydroxyl groups is 1. The van der Waals surface area contributed by atoms with E-state index in [1.807, 2.05) is 19.1 Å². The Bertz CT molecular complexity index is 696. The molecule has 0 amide bonds. The van der Waals surface area contributed by atoms with Crippen molar-refractivity contribution >= 4 is 11.0 Å². The zero-order valence-corrected chi connectivity index (χ0v) is 13.4. The Hall–Kier alpha value is -1.85. The fraction of sp³-hybridized carbons (Fsp3) is 0.471. The average molecular weight is 306 g/mol. The maximum absolute atomic E-state index is 11.6. The first-order valence-electron chi connectivity index (χ1n) is 7.30. The van der Waals surface area contributed by atoms with Gasteiger partial charge in [-0.3, -0.25) is 0 Å². The van der Waals surface area contributed by atoms with Crippen LogP contribution in [0.15, 0.2) is 33.5 Å². The Labute approximate surface area is 129 Å². The van der Waals surface area contributed by atoms with Gasteiger partial charge < -0.3 is 19.0 Å². The van der Waals surface area contributed by atoms with Gasteiger partial charge in [-0.15, -0.1) is 0 Å². The first-order valence-corrected chi connectivity index (χ1v) is 7.30. The summed E-state index contributed by atoms with van der Waals surface area (Å²) in [4.78, 5) is 11.6. The molecule has 0 spiro atoms. The van der Waals surface area contributed by atoms with Crippen LogP contribution in [0.5, 0.6) is 5.75 Å². The monoisotopic (exact) mass is 306 g/mol. The molecule has 1 heterocycles. The number of hydrogen-bond donors (Lipinski definition) is 1. The third-order valence-electron chi connectivity index (χ3n) is 3.61. The van der Waals surface area contributed by atoms with E-state index in [4.69, 9.17) is 13.9 Å². The van der Waals surface area contributed by atoms with E-state index in [9.17, 15) is 9.90 Å². The number of fused-ring (bicyclic) bond motifs is 1. The summed E-state index contributed by atoms with van der Waals surface area (Å²) in [7, 11) is 1.56. The molecular weight excluding hydrogens is 284 g/mol. The van der Waals surface area contributed by atoms with E-state index in [0.717, 1.165) is 10.9 Å². The normalized spacial score (nSPS) is 13.3. The number of benzene rings is 1. The Morgan fingerprint density at radius 2 is 1.95 bits per heavy atom. The third kappa shape index (κ3) is 3.48. The molecule has 1 aromatic carbocycles. The largest absolute Gasteiger partial charge is 0.496 e. The SMILES string of the molecule is CCOC(Cc1c(OC)ccc2ccc(=O)oc12)C(C)(C)O. The summed E-state index contributed by atoms with van der Waals surface area (Å²) in [6.45, 7) is 5.74. The summed E-state index contributed by atoms with van der Waals surface area (Å²) in [6, 6.07) is 6.75. The second-order valence-corrected chi connectivity index (χ2v) is 5.72. The van der Waals surface area contributed by atoms with Crippen LogP contribution >= 0.6 is 0 Å². The van der Waals surface area contributed by atoms with Crippen molar-refractivity contribution in [3.63, 3.8) is 0 Å². The highest BCUT2D eigenvalue weighted by molar-refractivity contribution is 5.82. The van der Waals surface area contributed by atoms with Crippen LogP contribution in [0, 0.1) is 0 Å². The zero-order chi connectivity index (χ0) is 16.3. The fourth-order valence-corrected chi connectivity index (χ4v) is 2.46. The Morgan fingerprint density at radius 1 is 1.27 bits per heavy atom. The highest BCUT2D eigenvalue weighted by atomic mass is 16.5. The van der Waals surface area contributed by atoms with Gasteiger partial charge in [0.05, 0.1) is 18.8 Å². The topological polar surface area (TPSA) is 68.9 Å². The molecule has 0 radical (unpaired) electrons. The van der Waals surface area contributed by atoms with Crippen molar-refractivity contribution in [2.75, 3.05) is 13.7 Å². The van der Waals surface area contributed by atoms with Crippen LogP contribution < -0.4 is 10.4 Å². The molecule has 1 unspecified atom stereocenters. The van der Waals surface area contributed by atoms with Crippen molar-refractivity contribution in [2.24, 2.45) is 0 Å². The van der Waals surface area contributed by atoms with E-state index in [1.165, 1.54) is 6.07 Å². The van der Waals surface area contributed by atoms with Crippen LogP contribution in [0.1, 0.15) is 26.3 Å². The average Bonchev–Trinajstić information content (AvgIpc) is 2.46. The molecule has 0 aliphatic heterocycles. The van der Waals surface area contributed by atoms with Gasteiger partial charge in [-0.2, -0.15) is 0 Å². The summed E-state index contributed by atoms with van der Waals surface area (Å²) in [5.41, 5.74) is -0.254. The number of rotatable bonds is 6. The maximum Gasteiger partial charge on any atom is 0.336 e. The maximum atomic E-state index is 11.6. The van der Waals surface area contributed by atoms with Gasteiger partial charge >= 0.3 is 5.63 Å². The van der Waals surface area contributed by atoms with Crippen molar-refractivity contribution in [1.82, 2.24) is 0 Å². The lowest BCUT2D eigenvalue weighted by Gasteiger charge is -2.29. The molecule has 5 nitrogen and oxygen atoms in total. The van der Waals surface area contributed by atoms with E-state index < -0.39 is 17.3 Å². The van der Waals surface area contributed by atoms with Gasteiger partial charge in [-0.1, -0.05) is 0 Å². The van der Waals surface area contributed by atoms with Crippen molar-refractivity contribution < 1.29 is 19.0 Å². The Balaban J connectivity index is 2.56. The highest BCUT2D eigenvalue weighted by Crippen LogP contribution is 2.30. The highest BCUT2D eigenvalue weighted by Gasteiger charge is 2.29. The second kappa shape index (κ2) is 6.50. The van der Waals surface area contributed by atoms with Crippen molar-refractivity contribution in [2.45, 2.75) is 38.9 Å². The molecule has 1 aromatic heterocycles. The van der Waals surface area contributed by atoms with Gasteiger partial charge in [-0.05, 0) is 39.0 Å². The molecule has 0 saturated carbocycles. The lowest BCUT2D eigenvalue weighted by atomic mass is 9.93. The second-order valence-electron chi connectivity index (χ2n) is 5.72. The minimum Gasteiger partial charge on any atom is -0.496 e. The summed E-state index contributed by atoms with van der Waals surface area (Å²) in [5.74, 6) is 0.607. The van der Waals surface area contributed by atoms with E-state index in [1.54, 1.807) is 27.0 Å². The van der Waals surface area contributed by atoms with E-state index in [2.05, 4.69) is 0 Å². The minimum absolute atomic E-state index is 0.380. The van der Waals surface area contributed by atoms with Crippen LogP contribution in [0.4, 0.5) is 0 Å². The van der Waals surface area contributed by atoms with Crippen LogP contribution in [-0.4, -0.2) is 30.5 Å². The first-order chi connectivity index (χ1) is 10.4. The predicted octanol–water partition coefficient (Wildman–Crippen LogP) is 2.52. The van der Waals surface area contributed by atoms with Crippen molar-refractivity contribution in [3.05, 3.63) is 40.2 Å². The lowest BCUT2D eigenvalue weighted by Crippen LogP contribution is -2.40. The van der Waals surface area contributed by atoms with E-state index in [-0.39, 0.29) is 0 Å². The van der Waals surface area contributed by atoms with E-state index in [0.29, 0.717) is 24.4 Å². The van der Waals surface area contributed by atoms with Crippen molar-refractivity contribution in [3.8, 4) is 5.75 Å². The van der Waals surface area contributed by atoms with Gasteiger partial charge in [-0.25, -0.2) is 4.79 Å². The third-order valence-corrected chi connectivity index (χ3v) is 3.61. The first kappa shape index (κ1) is 16.5. The van der Waals surface area contributed by atoms with Gasteiger partial charge in [0.1, 0.15) is 11.3 Å². The molecule has 120 valence electrons. The summed E-state index contributed by atoms with van der Waals surface area (Å²) in [5, 5.41) is 11.1. The molecule has 5 heteroatoms. The molecule has 0 aliphatic rings. The van der Waals surface area contributed by atoms with Crippen LogP contribution in [0.3, 0.4) is 0 Å². The Morgan fingerprint density at radius 3 is 2.55 bits per heavy atom. The van der Waals surface area contributed by atoms with E-state index >= 15 is 0 Å². The van der Waals surface area contributed by atoms with Crippen molar-refractivity contribution in [1.29, 1.82) is 0 Å². The molecule has 0 aliphatic carbocycles. The summed E-state index contributed by atoms with van der Waals surface area (Å²) in [6.07, 6.45) is -0.0624. The van der Waals surface area contributed by atoms with Gasteiger partial charge in [0.25, 0.3) is 0 Å². The predicted molar refractivity (Wildman–Crippen MR) is 84.5 cm³/mol. The molecule has 2 aromatic rings. The molecule has 0 bridgehead atoms. The van der Waals surface area contributed by atoms with Gasteiger partial charge in [0, 0.05) is 30.0 Å². The molecular formula is C17H22O5. The quantitative estimate of drug-likeness (QED) is 0.831. The lowest BCUT2D eigenvalue weighted by molar-refractivity contribution is -0.0840. The zero-order valence-electron chi connectivity index (χ0n) is 13.4. The van der Waals surface area contributed by atoms with Crippen LogP contribution in [0.2, 0.25) is 0 Å². The summed E-state index contributed by atoms with van der Waals surface area (Å²) >= 11 is 0. The molecule has 2 rings (SSSR count). The van der Waals surface area contributed by atoms with Crippen LogP contribution in [0.25, 0.3) is 11.0 Å². The molecule has 0 fully saturated rings. The van der Waals surface area contributed by atoms with Gasteiger partial charge in [0.15, 0.2) is 0 Å². The smallest absolute Gasteiger partial charge is 0.336 e. The standard InChI is InChI=1S/C17H22O5/c1-5-21-14(17(2,3)19)10-12-13(20-4)8-6-11-7-9-15(18)22-16(11)12/h6-9,14,19H,5,10H2,1-4H3. The number of hydrogen-bond acceptors (Lipinski definition) is 5. The number of ether oxygens (including phenoxy) is 2. The van der Waals surface area contributed by atoms with Gasteiger partial charge in [0.2, 0.25) is 0 Å². The molecule has 1 atom stereocenters. The molecule has 22 heavy (non-hydrogen) atoms. The molecule has 0 saturated heterocycles. The Kier molecular flexibility index (Phi) is 4.88. The number of methoxy groups -OCH3 is 1. The summed E-state index contributed by atoms with van der Waals surface area (Å²) < 4.78 is 16.4.